The second-order valence-electron chi connectivity index (χ2n) is 4.39. The number of H-pyrrole nitrogens is 1. The summed E-state index contributed by atoms with van der Waals surface area (Å²) in [4.78, 5) is 19.1. The van der Waals surface area contributed by atoms with Crippen LogP contribution in [0, 0.1) is 12.7 Å². The quantitative estimate of drug-likeness (QED) is 0.889. The molecule has 19 heavy (non-hydrogen) atoms. The number of carbonyl (C=O) groups is 1. The smallest absolute Gasteiger partial charge is 0.254 e. The van der Waals surface area contributed by atoms with Crippen LogP contribution in [0.2, 0.25) is 0 Å². The summed E-state index contributed by atoms with van der Waals surface area (Å²) in [6.07, 6.45) is 3.99. The molecule has 2 rings (SSSR count). The van der Waals surface area contributed by atoms with E-state index in [9.17, 15) is 9.18 Å². The Balaban J connectivity index is 2.16. The van der Waals surface area contributed by atoms with E-state index in [4.69, 9.17) is 0 Å². The van der Waals surface area contributed by atoms with Crippen molar-refractivity contribution in [1.29, 1.82) is 0 Å². The molecule has 0 aliphatic rings. The maximum absolute atomic E-state index is 13.7. The molecule has 100 valence electrons. The molecule has 0 radical (unpaired) electrons. The summed E-state index contributed by atoms with van der Waals surface area (Å²) in [5, 5.41) is 2.77. The molecule has 0 aliphatic heterocycles. The monoisotopic (exact) mass is 261 g/mol. The Bertz CT molecular complexity index is 566. The Morgan fingerprint density at radius 2 is 2.32 bits per heavy atom. The minimum atomic E-state index is -0.508. The molecule has 0 bridgehead atoms. The van der Waals surface area contributed by atoms with E-state index >= 15 is 0 Å². The third-order valence-electron chi connectivity index (χ3n) is 2.93. The number of aryl methyl sites for hydroxylation is 1. The van der Waals surface area contributed by atoms with Gasteiger partial charge in [0.1, 0.15) is 11.6 Å². The number of hydrogen-bond donors (Lipinski definition) is 2. The van der Waals surface area contributed by atoms with Crippen molar-refractivity contribution < 1.29 is 9.18 Å². The van der Waals surface area contributed by atoms with E-state index in [0.29, 0.717) is 12.2 Å². The number of aromatic nitrogens is 2. The molecule has 0 saturated carbocycles. The van der Waals surface area contributed by atoms with Gasteiger partial charge >= 0.3 is 0 Å². The van der Waals surface area contributed by atoms with Crippen LogP contribution in [-0.2, 0) is 0 Å². The van der Waals surface area contributed by atoms with Crippen molar-refractivity contribution in [3.05, 3.63) is 53.4 Å². The van der Waals surface area contributed by atoms with Crippen LogP contribution in [0.3, 0.4) is 0 Å². The highest BCUT2D eigenvalue weighted by atomic mass is 19.1. The first-order valence-electron chi connectivity index (χ1n) is 6.18. The second-order valence-corrected chi connectivity index (χ2v) is 4.39. The van der Waals surface area contributed by atoms with Gasteiger partial charge in [-0.25, -0.2) is 9.37 Å². The number of hydrogen-bond acceptors (Lipinski definition) is 2. The Morgan fingerprint density at radius 3 is 2.89 bits per heavy atom. The van der Waals surface area contributed by atoms with Crippen molar-refractivity contribution in [3.63, 3.8) is 0 Å². The van der Waals surface area contributed by atoms with Gasteiger partial charge in [-0.1, -0.05) is 13.0 Å². The van der Waals surface area contributed by atoms with Gasteiger partial charge in [0, 0.05) is 12.4 Å². The van der Waals surface area contributed by atoms with E-state index in [1.165, 1.54) is 12.1 Å². The molecule has 1 heterocycles. The van der Waals surface area contributed by atoms with Gasteiger partial charge in [-0.2, -0.15) is 0 Å². The van der Waals surface area contributed by atoms with Gasteiger partial charge in [-0.05, 0) is 31.0 Å². The zero-order valence-corrected chi connectivity index (χ0v) is 10.9. The van der Waals surface area contributed by atoms with Crippen LogP contribution < -0.4 is 5.32 Å². The molecule has 2 N–H and O–H groups in total. The Labute approximate surface area is 111 Å². The lowest BCUT2D eigenvalue weighted by Gasteiger charge is -2.15. The van der Waals surface area contributed by atoms with E-state index < -0.39 is 11.7 Å². The van der Waals surface area contributed by atoms with Crippen molar-refractivity contribution in [2.75, 3.05) is 0 Å². The van der Waals surface area contributed by atoms with Gasteiger partial charge < -0.3 is 10.3 Å². The standard InChI is InChI=1S/C14H16FN3O/c1-3-12(13-16-6-7-17-13)18-14(19)10-5-4-9(2)8-11(10)15/h4-8,12H,3H2,1-2H3,(H,16,17)(H,18,19). The molecule has 1 amide bonds. The zero-order valence-electron chi connectivity index (χ0n) is 10.9. The van der Waals surface area contributed by atoms with Crippen LogP contribution in [0.4, 0.5) is 4.39 Å². The number of nitrogens with one attached hydrogen (secondary N) is 2. The predicted octanol–water partition coefficient (Wildman–Crippen LogP) is 2.74. The summed E-state index contributed by atoms with van der Waals surface area (Å²) in [6, 6.07) is 4.31. The summed E-state index contributed by atoms with van der Waals surface area (Å²) in [5.41, 5.74) is 0.836. The summed E-state index contributed by atoms with van der Waals surface area (Å²) in [7, 11) is 0. The maximum atomic E-state index is 13.7. The van der Waals surface area contributed by atoms with Crippen LogP contribution in [0.15, 0.2) is 30.6 Å². The lowest BCUT2D eigenvalue weighted by Crippen LogP contribution is -2.29. The largest absolute Gasteiger partial charge is 0.347 e. The van der Waals surface area contributed by atoms with E-state index in [1.54, 1.807) is 25.4 Å². The fraction of sp³-hybridized carbons (Fsp3) is 0.286. The average molecular weight is 261 g/mol. The van der Waals surface area contributed by atoms with Crippen molar-refractivity contribution in [2.45, 2.75) is 26.3 Å². The first-order valence-corrected chi connectivity index (χ1v) is 6.18. The highest BCUT2D eigenvalue weighted by Crippen LogP contribution is 2.15. The first-order chi connectivity index (χ1) is 9.11. The summed E-state index contributed by atoms with van der Waals surface area (Å²) >= 11 is 0. The number of amides is 1. The van der Waals surface area contributed by atoms with Crippen LogP contribution in [-0.4, -0.2) is 15.9 Å². The molecule has 0 saturated heterocycles. The number of carbonyl (C=O) groups excluding carboxylic acids is 1. The molecule has 1 aromatic carbocycles. The van der Waals surface area contributed by atoms with E-state index in [0.717, 1.165) is 5.56 Å². The Hall–Kier alpha value is -2.17. The summed E-state index contributed by atoms with van der Waals surface area (Å²) in [5.74, 6) is -0.268. The number of nitrogens with zero attached hydrogens (tertiary/aromatic N) is 1. The van der Waals surface area contributed by atoms with Crippen LogP contribution in [0.25, 0.3) is 0 Å². The molecule has 2 aromatic rings. The maximum Gasteiger partial charge on any atom is 0.254 e. The van der Waals surface area contributed by atoms with Crippen LogP contribution in [0.1, 0.15) is 41.1 Å². The van der Waals surface area contributed by atoms with Crippen LogP contribution in [0.5, 0.6) is 0 Å². The lowest BCUT2D eigenvalue weighted by molar-refractivity contribution is 0.0930. The summed E-state index contributed by atoms with van der Waals surface area (Å²) in [6.45, 7) is 3.71. The fourth-order valence-electron chi connectivity index (χ4n) is 1.87. The molecular weight excluding hydrogens is 245 g/mol. The highest BCUT2D eigenvalue weighted by molar-refractivity contribution is 5.94. The van der Waals surface area contributed by atoms with E-state index in [1.807, 2.05) is 6.92 Å². The molecule has 1 unspecified atom stereocenters. The lowest BCUT2D eigenvalue weighted by atomic mass is 10.1. The number of benzene rings is 1. The van der Waals surface area contributed by atoms with Gasteiger partial charge in [0.25, 0.3) is 5.91 Å². The van der Waals surface area contributed by atoms with E-state index in [2.05, 4.69) is 15.3 Å². The highest BCUT2D eigenvalue weighted by Gasteiger charge is 2.18. The van der Waals surface area contributed by atoms with Gasteiger partial charge in [0.2, 0.25) is 0 Å². The molecular formula is C14H16FN3O. The van der Waals surface area contributed by atoms with Crippen molar-refractivity contribution in [3.8, 4) is 0 Å². The Kier molecular flexibility index (Phi) is 3.94. The Morgan fingerprint density at radius 1 is 1.53 bits per heavy atom. The predicted molar refractivity (Wildman–Crippen MR) is 70.2 cm³/mol. The van der Waals surface area contributed by atoms with Crippen molar-refractivity contribution >= 4 is 5.91 Å². The van der Waals surface area contributed by atoms with Crippen molar-refractivity contribution in [1.82, 2.24) is 15.3 Å². The molecule has 1 aromatic heterocycles. The first kappa shape index (κ1) is 13.3. The normalized spacial score (nSPS) is 12.2. The third-order valence-corrected chi connectivity index (χ3v) is 2.93. The average Bonchev–Trinajstić information content (AvgIpc) is 2.89. The molecule has 1 atom stereocenters. The number of halogens is 1. The number of imidazole rings is 1. The number of rotatable bonds is 4. The topological polar surface area (TPSA) is 57.8 Å². The molecule has 0 fully saturated rings. The second kappa shape index (κ2) is 5.65. The molecule has 0 spiro atoms. The molecule has 0 aliphatic carbocycles. The fourth-order valence-corrected chi connectivity index (χ4v) is 1.87. The van der Waals surface area contributed by atoms with Gasteiger partial charge in [0.05, 0.1) is 11.6 Å². The van der Waals surface area contributed by atoms with Crippen LogP contribution >= 0.6 is 0 Å². The molecule has 5 heteroatoms. The van der Waals surface area contributed by atoms with Gasteiger partial charge in [0.15, 0.2) is 0 Å². The minimum absolute atomic E-state index is 0.0515. The van der Waals surface area contributed by atoms with E-state index in [-0.39, 0.29) is 11.6 Å². The SMILES string of the molecule is CCC(NC(=O)c1ccc(C)cc1F)c1ncc[nH]1. The third kappa shape index (κ3) is 2.99. The number of aromatic amines is 1. The summed E-state index contributed by atoms with van der Waals surface area (Å²) < 4.78 is 13.7. The van der Waals surface area contributed by atoms with Crippen molar-refractivity contribution in [2.24, 2.45) is 0 Å². The minimum Gasteiger partial charge on any atom is -0.347 e. The zero-order chi connectivity index (χ0) is 13.8. The molecule has 4 nitrogen and oxygen atoms in total. The van der Waals surface area contributed by atoms with Gasteiger partial charge in [-0.3, -0.25) is 4.79 Å². The van der Waals surface area contributed by atoms with Gasteiger partial charge in [-0.15, -0.1) is 0 Å².